The van der Waals surface area contributed by atoms with Gasteiger partial charge in [-0.15, -0.1) is 0 Å². The van der Waals surface area contributed by atoms with Crippen LogP contribution in [0.25, 0.3) is 0 Å². The molecule has 2 unspecified atom stereocenters. The SMILES string of the molecule is COC1C[C@@](C)(O)C(C)c2c(C)c3c(c(O)c21)C(=O)c1c(O)cccc1C3=O. The number of fused-ring (bicyclic) bond motifs is 3. The third-order valence-corrected chi connectivity index (χ3v) is 6.35. The number of ether oxygens (including phenoxy) is 1. The number of ketones is 2. The molecule has 0 saturated heterocycles. The second-order valence-electron chi connectivity index (χ2n) is 7.92. The molecule has 28 heavy (non-hydrogen) atoms. The van der Waals surface area contributed by atoms with Crippen LogP contribution in [0.4, 0.5) is 0 Å². The third-order valence-electron chi connectivity index (χ3n) is 6.35. The number of methoxy groups -OCH3 is 1. The summed E-state index contributed by atoms with van der Waals surface area (Å²) >= 11 is 0. The van der Waals surface area contributed by atoms with Crippen LogP contribution in [-0.4, -0.2) is 39.6 Å². The third kappa shape index (κ3) is 2.22. The Hall–Kier alpha value is -2.70. The largest absolute Gasteiger partial charge is 0.507 e. The number of phenols is 2. The van der Waals surface area contributed by atoms with E-state index in [0.29, 0.717) is 16.7 Å². The Morgan fingerprint density at radius 2 is 1.75 bits per heavy atom. The lowest BCUT2D eigenvalue weighted by molar-refractivity contribution is -0.0416. The molecule has 2 aliphatic rings. The van der Waals surface area contributed by atoms with Crippen molar-refractivity contribution in [2.75, 3.05) is 7.11 Å². The molecule has 0 amide bonds. The molecular weight excluding hydrogens is 360 g/mol. The number of hydrogen-bond donors (Lipinski definition) is 3. The maximum absolute atomic E-state index is 13.2. The van der Waals surface area contributed by atoms with E-state index in [4.69, 9.17) is 4.74 Å². The lowest BCUT2D eigenvalue weighted by Crippen LogP contribution is -2.39. The minimum atomic E-state index is -1.10. The Balaban J connectivity index is 2.11. The number of hydrogen-bond acceptors (Lipinski definition) is 6. The van der Waals surface area contributed by atoms with Crippen molar-refractivity contribution < 1.29 is 29.6 Å². The van der Waals surface area contributed by atoms with Crippen LogP contribution >= 0.6 is 0 Å². The molecule has 6 heteroatoms. The van der Waals surface area contributed by atoms with Crippen LogP contribution in [0.15, 0.2) is 18.2 Å². The zero-order valence-electron chi connectivity index (χ0n) is 16.2. The fourth-order valence-corrected chi connectivity index (χ4v) is 4.69. The maximum atomic E-state index is 13.2. The normalized spacial score (nSPS) is 25.9. The van der Waals surface area contributed by atoms with E-state index in [2.05, 4.69) is 0 Å². The van der Waals surface area contributed by atoms with Gasteiger partial charge in [0.15, 0.2) is 5.78 Å². The molecule has 2 aliphatic carbocycles. The summed E-state index contributed by atoms with van der Waals surface area (Å²) < 4.78 is 5.52. The van der Waals surface area contributed by atoms with Gasteiger partial charge in [-0.1, -0.05) is 19.1 Å². The van der Waals surface area contributed by atoms with Crippen molar-refractivity contribution in [3.05, 3.63) is 57.1 Å². The van der Waals surface area contributed by atoms with E-state index in [1.54, 1.807) is 13.8 Å². The average molecular weight is 382 g/mol. The highest BCUT2D eigenvalue weighted by molar-refractivity contribution is 6.31. The highest BCUT2D eigenvalue weighted by Gasteiger charge is 2.46. The molecule has 6 nitrogen and oxygen atoms in total. The number of aliphatic hydroxyl groups is 1. The lowest BCUT2D eigenvalue weighted by Gasteiger charge is -2.42. The van der Waals surface area contributed by atoms with Gasteiger partial charge in [0.25, 0.3) is 0 Å². The molecule has 0 bridgehead atoms. The first-order valence-corrected chi connectivity index (χ1v) is 9.17. The fourth-order valence-electron chi connectivity index (χ4n) is 4.69. The molecule has 4 rings (SSSR count). The second-order valence-corrected chi connectivity index (χ2v) is 7.92. The predicted octanol–water partition coefficient (Wildman–Crippen LogP) is 3.13. The van der Waals surface area contributed by atoms with Crippen LogP contribution in [0.3, 0.4) is 0 Å². The molecule has 0 aliphatic heterocycles. The minimum Gasteiger partial charge on any atom is -0.507 e. The Kier molecular flexibility index (Phi) is 3.93. The number of benzene rings is 2. The van der Waals surface area contributed by atoms with E-state index in [-0.39, 0.29) is 46.1 Å². The van der Waals surface area contributed by atoms with Gasteiger partial charge >= 0.3 is 0 Å². The number of aromatic hydroxyl groups is 2. The van der Waals surface area contributed by atoms with E-state index in [0.717, 1.165) is 0 Å². The van der Waals surface area contributed by atoms with E-state index in [9.17, 15) is 24.9 Å². The zero-order valence-corrected chi connectivity index (χ0v) is 16.2. The van der Waals surface area contributed by atoms with Gasteiger partial charge in [-0.25, -0.2) is 0 Å². The molecule has 0 radical (unpaired) electrons. The summed E-state index contributed by atoms with van der Waals surface area (Å²) in [5.41, 5.74) is 0.533. The van der Waals surface area contributed by atoms with Crippen molar-refractivity contribution in [1.29, 1.82) is 0 Å². The Morgan fingerprint density at radius 1 is 1.07 bits per heavy atom. The number of carbonyl (C=O) groups excluding carboxylic acids is 2. The number of carbonyl (C=O) groups is 2. The quantitative estimate of drug-likeness (QED) is 0.597. The summed E-state index contributed by atoms with van der Waals surface area (Å²) in [6.07, 6.45) is -0.383. The second kappa shape index (κ2) is 5.90. The van der Waals surface area contributed by atoms with Crippen molar-refractivity contribution in [3.63, 3.8) is 0 Å². The molecule has 0 heterocycles. The first-order valence-electron chi connectivity index (χ1n) is 9.17. The number of rotatable bonds is 1. The van der Waals surface area contributed by atoms with Crippen LogP contribution < -0.4 is 0 Å². The molecule has 0 saturated carbocycles. The molecule has 2 aromatic rings. The van der Waals surface area contributed by atoms with Crippen LogP contribution in [0, 0.1) is 6.92 Å². The van der Waals surface area contributed by atoms with Crippen molar-refractivity contribution in [1.82, 2.24) is 0 Å². The summed E-state index contributed by atoms with van der Waals surface area (Å²) in [7, 11) is 1.48. The summed E-state index contributed by atoms with van der Waals surface area (Å²) in [6, 6.07) is 4.34. The monoisotopic (exact) mass is 382 g/mol. The van der Waals surface area contributed by atoms with Gasteiger partial charge in [-0.3, -0.25) is 9.59 Å². The van der Waals surface area contributed by atoms with E-state index < -0.39 is 23.3 Å². The minimum absolute atomic E-state index is 0.0977. The Morgan fingerprint density at radius 3 is 2.39 bits per heavy atom. The molecule has 0 spiro atoms. The van der Waals surface area contributed by atoms with Gasteiger partial charge in [0, 0.05) is 36.1 Å². The molecule has 3 N–H and O–H groups in total. The molecule has 0 aromatic heterocycles. The number of phenolic OH excluding ortho intramolecular Hbond substituents is 2. The summed E-state index contributed by atoms with van der Waals surface area (Å²) in [5, 5.41) is 32.1. The fraction of sp³-hybridized carbons (Fsp3) is 0.364. The predicted molar refractivity (Wildman–Crippen MR) is 101 cm³/mol. The first-order chi connectivity index (χ1) is 13.1. The smallest absolute Gasteiger partial charge is 0.201 e. The first kappa shape index (κ1) is 18.7. The van der Waals surface area contributed by atoms with Crippen LogP contribution in [0.1, 0.15) is 80.8 Å². The van der Waals surface area contributed by atoms with E-state index in [1.807, 2.05) is 6.92 Å². The zero-order chi connectivity index (χ0) is 20.5. The van der Waals surface area contributed by atoms with Gasteiger partial charge in [0.1, 0.15) is 11.5 Å². The molecule has 0 fully saturated rings. The standard InChI is InChI=1S/C22H22O6/c1-9-14-10(2)22(3,27)8-13(28-4)17(14)21(26)18-15(9)19(24)11-6-5-7-12(23)16(11)20(18)25/h5-7,10,13,23,26-27H,8H2,1-4H3/t10?,13?,22-/m1/s1. The summed E-state index contributed by atoms with van der Waals surface area (Å²) in [5.74, 6) is -2.00. The summed E-state index contributed by atoms with van der Waals surface area (Å²) in [6.45, 7) is 5.25. The Bertz CT molecular complexity index is 1050. The topological polar surface area (TPSA) is 104 Å². The van der Waals surface area contributed by atoms with Crippen molar-refractivity contribution in [2.24, 2.45) is 0 Å². The van der Waals surface area contributed by atoms with Crippen LogP contribution in [-0.2, 0) is 4.74 Å². The van der Waals surface area contributed by atoms with Gasteiger partial charge in [0.2, 0.25) is 5.78 Å². The van der Waals surface area contributed by atoms with Gasteiger partial charge in [0.05, 0.1) is 22.8 Å². The summed E-state index contributed by atoms with van der Waals surface area (Å²) in [4.78, 5) is 26.4. The van der Waals surface area contributed by atoms with Crippen molar-refractivity contribution >= 4 is 11.6 Å². The molecule has 3 atom stereocenters. The molecule has 146 valence electrons. The van der Waals surface area contributed by atoms with Crippen molar-refractivity contribution in [2.45, 2.75) is 44.8 Å². The molecule has 2 aromatic carbocycles. The highest BCUT2D eigenvalue weighted by atomic mass is 16.5. The van der Waals surface area contributed by atoms with Crippen LogP contribution in [0.5, 0.6) is 11.5 Å². The van der Waals surface area contributed by atoms with Crippen LogP contribution in [0.2, 0.25) is 0 Å². The molecular formula is C22H22O6. The lowest BCUT2D eigenvalue weighted by atomic mass is 9.67. The average Bonchev–Trinajstić information content (AvgIpc) is 2.64. The van der Waals surface area contributed by atoms with E-state index in [1.165, 1.54) is 25.3 Å². The van der Waals surface area contributed by atoms with Gasteiger partial charge in [-0.2, -0.15) is 0 Å². The highest BCUT2D eigenvalue weighted by Crippen LogP contribution is 2.53. The van der Waals surface area contributed by atoms with E-state index >= 15 is 0 Å². The maximum Gasteiger partial charge on any atom is 0.201 e. The van der Waals surface area contributed by atoms with Gasteiger partial charge < -0.3 is 20.1 Å². The Labute approximate surface area is 162 Å². The van der Waals surface area contributed by atoms with Gasteiger partial charge in [-0.05, 0) is 31.0 Å². The van der Waals surface area contributed by atoms with Crippen molar-refractivity contribution in [3.8, 4) is 11.5 Å².